The van der Waals surface area contributed by atoms with Crippen LogP contribution in [0.1, 0.15) is 11.1 Å². The van der Waals surface area contributed by atoms with Gasteiger partial charge in [-0.3, -0.25) is 0 Å². The molecule has 0 radical (unpaired) electrons. The lowest BCUT2D eigenvalue weighted by Gasteiger charge is -2.14. The molecule has 4 heterocycles. The molecule has 6 heteroatoms. The average molecular weight is 715 g/mol. The minimum absolute atomic E-state index is 0.492. The molecule has 12 aromatic rings. The third-order valence-electron chi connectivity index (χ3n) is 11.4. The predicted octanol–water partition coefficient (Wildman–Crippen LogP) is 13.1. The lowest BCUT2D eigenvalue weighted by molar-refractivity contribution is 0.672. The monoisotopic (exact) mass is 714 g/mol. The maximum absolute atomic E-state index is 10.5. The van der Waals surface area contributed by atoms with Crippen LogP contribution in [0.25, 0.3) is 110 Å². The van der Waals surface area contributed by atoms with Crippen molar-refractivity contribution < 1.29 is 8.83 Å². The number of hydrogen-bond donors (Lipinski definition) is 0. The van der Waals surface area contributed by atoms with Gasteiger partial charge in [0.2, 0.25) is 0 Å². The molecule has 258 valence electrons. The topological polar surface area (TPSA) is 83.7 Å². The Morgan fingerprint density at radius 1 is 0.411 bits per heavy atom. The van der Waals surface area contributed by atoms with Crippen LogP contribution >= 0.6 is 0 Å². The van der Waals surface area contributed by atoms with Crippen molar-refractivity contribution in [2.24, 2.45) is 0 Å². The molecule has 4 aromatic heterocycles. The number of fused-ring (bicyclic) bond motifs is 14. The Balaban J connectivity index is 1.10. The molecule has 0 unspecified atom stereocenters. The first-order valence-corrected chi connectivity index (χ1v) is 18.5. The highest BCUT2D eigenvalue weighted by atomic mass is 16.3. The minimum Gasteiger partial charge on any atom is -0.455 e. The molecule has 0 N–H and O–H groups in total. The van der Waals surface area contributed by atoms with Gasteiger partial charge in [-0.15, -0.1) is 0 Å². The molecular formula is C50H26N4O2. The molecule has 0 aliphatic heterocycles. The summed E-state index contributed by atoms with van der Waals surface area (Å²) in [5, 5.41) is 29.4. The Bertz CT molecular complexity index is 3750. The molecule has 0 atom stereocenters. The van der Waals surface area contributed by atoms with Crippen LogP contribution in [0.5, 0.6) is 0 Å². The molecule has 0 saturated heterocycles. The Morgan fingerprint density at radius 3 is 1.52 bits per heavy atom. The van der Waals surface area contributed by atoms with E-state index in [4.69, 9.17) is 8.83 Å². The Labute approximate surface area is 318 Å². The smallest absolute Gasteiger partial charge is 0.145 e. The van der Waals surface area contributed by atoms with Crippen LogP contribution in [-0.4, -0.2) is 9.13 Å². The summed E-state index contributed by atoms with van der Waals surface area (Å²) in [4.78, 5) is 0. The van der Waals surface area contributed by atoms with Crippen LogP contribution < -0.4 is 0 Å². The summed E-state index contributed by atoms with van der Waals surface area (Å²) in [5.41, 5.74) is 11.6. The van der Waals surface area contributed by atoms with E-state index in [-0.39, 0.29) is 0 Å². The first-order valence-electron chi connectivity index (χ1n) is 18.5. The van der Waals surface area contributed by atoms with E-state index in [0.29, 0.717) is 11.1 Å². The van der Waals surface area contributed by atoms with Gasteiger partial charge >= 0.3 is 0 Å². The molecule has 0 saturated carbocycles. The standard InChI is InChI=1S/C50H26N4O2/c51-27-29-23-31(25-33(24-29)54-42-14-6-2-12-39(42)48-44(54)22-20-37-35-10-4-8-16-46(35)56-50(37)48)40-26-32(18-17-30(40)28-52)53-41-13-5-1-11-38(41)47-43(53)21-19-36-34-9-3-7-15-45(34)55-49(36)47/h1-26H. The van der Waals surface area contributed by atoms with E-state index >= 15 is 0 Å². The first kappa shape index (κ1) is 30.4. The van der Waals surface area contributed by atoms with Gasteiger partial charge in [-0.25, -0.2) is 0 Å². The van der Waals surface area contributed by atoms with Gasteiger partial charge in [-0.05, 0) is 90.5 Å². The molecular weight excluding hydrogens is 689 g/mol. The first-order chi connectivity index (χ1) is 27.7. The maximum atomic E-state index is 10.5. The highest BCUT2D eigenvalue weighted by molar-refractivity contribution is 6.25. The van der Waals surface area contributed by atoms with Gasteiger partial charge in [0.05, 0.1) is 56.1 Å². The van der Waals surface area contributed by atoms with Gasteiger partial charge in [-0.1, -0.05) is 72.8 Å². The molecule has 0 spiro atoms. The molecule has 0 aliphatic carbocycles. The van der Waals surface area contributed by atoms with Crippen molar-refractivity contribution in [3.63, 3.8) is 0 Å². The summed E-state index contributed by atoms with van der Waals surface area (Å²) < 4.78 is 17.5. The van der Waals surface area contributed by atoms with Crippen molar-refractivity contribution in [1.82, 2.24) is 9.13 Å². The molecule has 0 amide bonds. The Hall–Kier alpha value is -8.06. The van der Waals surface area contributed by atoms with Crippen molar-refractivity contribution in [1.29, 1.82) is 10.5 Å². The number of nitrogens with zero attached hydrogens (tertiary/aromatic N) is 4. The van der Waals surface area contributed by atoms with E-state index in [1.54, 1.807) is 0 Å². The second-order valence-electron chi connectivity index (χ2n) is 14.3. The zero-order valence-corrected chi connectivity index (χ0v) is 29.6. The van der Waals surface area contributed by atoms with Gasteiger partial charge in [0.1, 0.15) is 22.3 Å². The van der Waals surface area contributed by atoms with Gasteiger partial charge in [0, 0.05) is 49.3 Å². The lowest BCUT2D eigenvalue weighted by Crippen LogP contribution is -1.98. The summed E-state index contributed by atoms with van der Waals surface area (Å²) in [6.07, 6.45) is 0. The van der Waals surface area contributed by atoms with Crippen LogP contribution in [0.2, 0.25) is 0 Å². The zero-order chi connectivity index (χ0) is 37.1. The summed E-state index contributed by atoms with van der Waals surface area (Å²) in [6, 6.07) is 58.1. The largest absolute Gasteiger partial charge is 0.455 e. The number of hydrogen-bond acceptors (Lipinski definition) is 4. The molecule has 56 heavy (non-hydrogen) atoms. The molecule has 0 fully saturated rings. The van der Waals surface area contributed by atoms with Crippen molar-refractivity contribution in [2.45, 2.75) is 0 Å². The van der Waals surface area contributed by atoms with Gasteiger partial charge < -0.3 is 18.0 Å². The summed E-state index contributed by atoms with van der Waals surface area (Å²) in [7, 11) is 0. The summed E-state index contributed by atoms with van der Waals surface area (Å²) >= 11 is 0. The fraction of sp³-hybridized carbons (Fsp3) is 0. The van der Waals surface area contributed by atoms with E-state index in [9.17, 15) is 10.5 Å². The Kier molecular flexibility index (Phi) is 6.10. The SMILES string of the molecule is N#Cc1cc(-c2cc(-n3c4ccccc4c4c5oc6ccccc6c5ccc43)ccc2C#N)cc(-n2c3ccccc3c3c4oc5ccccc5c4ccc32)c1. The van der Waals surface area contributed by atoms with Crippen LogP contribution in [0.15, 0.2) is 167 Å². The number of nitriles is 2. The molecule has 8 aromatic carbocycles. The van der Waals surface area contributed by atoms with Gasteiger partial charge in [0.15, 0.2) is 0 Å². The van der Waals surface area contributed by atoms with E-state index in [1.807, 2.05) is 78.9 Å². The fourth-order valence-corrected chi connectivity index (χ4v) is 8.99. The van der Waals surface area contributed by atoms with Crippen molar-refractivity contribution in [2.75, 3.05) is 0 Å². The number of rotatable bonds is 3. The third kappa shape index (κ3) is 4.07. The van der Waals surface area contributed by atoms with E-state index in [1.165, 1.54) is 0 Å². The Morgan fingerprint density at radius 2 is 0.946 bits per heavy atom. The second kappa shape index (κ2) is 11.2. The van der Waals surface area contributed by atoms with Crippen LogP contribution in [0, 0.1) is 22.7 Å². The highest BCUT2D eigenvalue weighted by Crippen LogP contribution is 2.43. The predicted molar refractivity (Wildman–Crippen MR) is 225 cm³/mol. The van der Waals surface area contributed by atoms with E-state index in [2.05, 4.69) is 100 Å². The van der Waals surface area contributed by atoms with Crippen LogP contribution in [0.4, 0.5) is 0 Å². The van der Waals surface area contributed by atoms with Gasteiger partial charge in [0.25, 0.3) is 0 Å². The fourth-order valence-electron chi connectivity index (χ4n) is 8.99. The molecule has 6 nitrogen and oxygen atoms in total. The van der Waals surface area contributed by atoms with Crippen molar-refractivity contribution in [3.8, 4) is 34.6 Å². The van der Waals surface area contributed by atoms with Crippen molar-refractivity contribution in [3.05, 3.63) is 169 Å². The quantitative estimate of drug-likeness (QED) is 0.182. The second-order valence-corrected chi connectivity index (χ2v) is 14.3. The van der Waals surface area contributed by atoms with E-state index in [0.717, 1.165) is 110 Å². The molecule has 0 bridgehead atoms. The summed E-state index contributed by atoms with van der Waals surface area (Å²) in [6.45, 7) is 0. The molecule has 12 rings (SSSR count). The number of aromatic nitrogens is 2. The lowest BCUT2D eigenvalue weighted by atomic mass is 9.97. The minimum atomic E-state index is 0.492. The van der Waals surface area contributed by atoms with Crippen molar-refractivity contribution >= 4 is 87.5 Å². The van der Waals surface area contributed by atoms with Crippen LogP contribution in [0.3, 0.4) is 0 Å². The zero-order valence-electron chi connectivity index (χ0n) is 29.6. The number of furan rings is 2. The maximum Gasteiger partial charge on any atom is 0.145 e. The third-order valence-corrected chi connectivity index (χ3v) is 11.4. The number of para-hydroxylation sites is 4. The summed E-state index contributed by atoms with van der Waals surface area (Å²) in [5.74, 6) is 0. The van der Waals surface area contributed by atoms with Gasteiger partial charge in [-0.2, -0.15) is 10.5 Å². The van der Waals surface area contributed by atoms with E-state index < -0.39 is 0 Å². The van der Waals surface area contributed by atoms with Crippen LogP contribution in [-0.2, 0) is 0 Å². The average Bonchev–Trinajstić information content (AvgIpc) is 4.00. The highest BCUT2D eigenvalue weighted by Gasteiger charge is 2.22. The number of benzene rings is 8. The normalized spacial score (nSPS) is 11.9. The molecule has 0 aliphatic rings.